The summed E-state index contributed by atoms with van der Waals surface area (Å²) in [7, 11) is 0. The molecule has 0 aromatic heterocycles. The Balaban J connectivity index is 2.43. The van der Waals surface area contributed by atoms with Crippen LogP contribution in [0.3, 0.4) is 0 Å². The van der Waals surface area contributed by atoms with E-state index in [-0.39, 0.29) is 5.92 Å². The zero-order valence-electron chi connectivity index (χ0n) is 10.1. The topological polar surface area (TPSA) is 37.3 Å². The second kappa shape index (κ2) is 4.74. The van der Waals surface area contributed by atoms with E-state index in [2.05, 4.69) is 6.08 Å². The SMILES string of the molecule is CCC1(C(=O)O)CC=CCC1c1ccccc1. The maximum atomic E-state index is 11.7. The number of benzene rings is 1. The minimum Gasteiger partial charge on any atom is -0.481 e. The Morgan fingerprint density at radius 3 is 2.65 bits per heavy atom. The molecule has 0 radical (unpaired) electrons. The van der Waals surface area contributed by atoms with Crippen molar-refractivity contribution in [2.45, 2.75) is 32.1 Å². The highest BCUT2D eigenvalue weighted by atomic mass is 16.4. The summed E-state index contributed by atoms with van der Waals surface area (Å²) in [5, 5.41) is 9.59. The standard InChI is InChI=1S/C15H18O2/c1-2-15(14(16)17)11-7-6-10-13(15)12-8-4-3-5-9-12/h3-9,13H,2,10-11H2,1H3,(H,16,17). The van der Waals surface area contributed by atoms with Crippen LogP contribution >= 0.6 is 0 Å². The van der Waals surface area contributed by atoms with Gasteiger partial charge in [0.25, 0.3) is 0 Å². The third-order valence-corrected chi connectivity index (χ3v) is 3.95. The molecule has 1 aromatic rings. The van der Waals surface area contributed by atoms with Crippen molar-refractivity contribution in [3.8, 4) is 0 Å². The second-order valence-corrected chi connectivity index (χ2v) is 4.69. The molecule has 1 aliphatic rings. The molecular weight excluding hydrogens is 212 g/mol. The molecule has 1 aliphatic carbocycles. The first kappa shape index (κ1) is 11.9. The Kier molecular flexibility index (Phi) is 3.32. The van der Waals surface area contributed by atoms with Gasteiger partial charge < -0.3 is 5.11 Å². The zero-order valence-corrected chi connectivity index (χ0v) is 10.1. The molecule has 90 valence electrons. The average Bonchev–Trinajstić information content (AvgIpc) is 2.39. The summed E-state index contributed by atoms with van der Waals surface area (Å²) < 4.78 is 0. The fourth-order valence-electron chi connectivity index (χ4n) is 2.81. The van der Waals surface area contributed by atoms with E-state index < -0.39 is 11.4 Å². The molecule has 1 N–H and O–H groups in total. The van der Waals surface area contributed by atoms with Crippen molar-refractivity contribution in [2.24, 2.45) is 5.41 Å². The molecule has 0 spiro atoms. The molecule has 0 amide bonds. The van der Waals surface area contributed by atoms with E-state index in [1.165, 1.54) is 0 Å². The van der Waals surface area contributed by atoms with Crippen molar-refractivity contribution < 1.29 is 9.90 Å². The van der Waals surface area contributed by atoms with Crippen LogP contribution < -0.4 is 0 Å². The predicted molar refractivity (Wildman–Crippen MR) is 67.9 cm³/mol. The fraction of sp³-hybridized carbons (Fsp3) is 0.400. The first-order valence-electron chi connectivity index (χ1n) is 6.14. The van der Waals surface area contributed by atoms with Gasteiger partial charge in [-0.3, -0.25) is 4.79 Å². The number of hydrogen-bond acceptors (Lipinski definition) is 1. The molecule has 2 nitrogen and oxygen atoms in total. The highest BCUT2D eigenvalue weighted by Gasteiger charge is 2.44. The Hall–Kier alpha value is -1.57. The highest BCUT2D eigenvalue weighted by Crippen LogP contribution is 2.47. The number of aliphatic carboxylic acids is 1. The number of carbonyl (C=O) groups is 1. The highest BCUT2D eigenvalue weighted by molar-refractivity contribution is 5.76. The summed E-state index contributed by atoms with van der Waals surface area (Å²) in [6, 6.07) is 10.0. The van der Waals surface area contributed by atoms with Gasteiger partial charge in [0.2, 0.25) is 0 Å². The van der Waals surface area contributed by atoms with Gasteiger partial charge in [-0.1, -0.05) is 49.4 Å². The molecule has 1 aromatic carbocycles. The van der Waals surface area contributed by atoms with Crippen LogP contribution in [0.15, 0.2) is 42.5 Å². The molecule has 2 heteroatoms. The summed E-state index contributed by atoms with van der Waals surface area (Å²) in [4.78, 5) is 11.7. The molecule has 0 heterocycles. The Morgan fingerprint density at radius 2 is 2.06 bits per heavy atom. The van der Waals surface area contributed by atoms with Gasteiger partial charge >= 0.3 is 5.97 Å². The van der Waals surface area contributed by atoms with Crippen LogP contribution in [0.1, 0.15) is 37.7 Å². The fourth-order valence-corrected chi connectivity index (χ4v) is 2.81. The van der Waals surface area contributed by atoms with Crippen LogP contribution in [0.4, 0.5) is 0 Å². The van der Waals surface area contributed by atoms with E-state index in [1.807, 2.05) is 43.3 Å². The molecule has 2 atom stereocenters. The Bertz CT molecular complexity index is 422. The molecule has 2 unspecified atom stereocenters. The van der Waals surface area contributed by atoms with Crippen LogP contribution in [0.25, 0.3) is 0 Å². The Morgan fingerprint density at radius 1 is 1.35 bits per heavy atom. The molecular formula is C15H18O2. The van der Waals surface area contributed by atoms with Gasteiger partial charge in [0, 0.05) is 5.92 Å². The lowest BCUT2D eigenvalue weighted by molar-refractivity contribution is -0.151. The first-order valence-corrected chi connectivity index (χ1v) is 6.14. The van der Waals surface area contributed by atoms with Crippen molar-refractivity contribution in [2.75, 3.05) is 0 Å². The number of allylic oxidation sites excluding steroid dienone is 2. The van der Waals surface area contributed by atoms with Crippen molar-refractivity contribution in [1.29, 1.82) is 0 Å². The maximum Gasteiger partial charge on any atom is 0.310 e. The van der Waals surface area contributed by atoms with E-state index in [1.54, 1.807) is 0 Å². The Labute approximate surface area is 102 Å². The second-order valence-electron chi connectivity index (χ2n) is 4.69. The summed E-state index contributed by atoms with van der Waals surface area (Å²) >= 11 is 0. The monoisotopic (exact) mass is 230 g/mol. The molecule has 0 saturated carbocycles. The third kappa shape index (κ3) is 1.99. The number of hydrogen-bond donors (Lipinski definition) is 1. The third-order valence-electron chi connectivity index (χ3n) is 3.95. The van der Waals surface area contributed by atoms with Crippen LogP contribution in [0, 0.1) is 5.41 Å². The van der Waals surface area contributed by atoms with E-state index in [0.717, 1.165) is 12.0 Å². The van der Waals surface area contributed by atoms with Crippen LogP contribution in [0.2, 0.25) is 0 Å². The number of rotatable bonds is 3. The average molecular weight is 230 g/mol. The summed E-state index contributed by atoms with van der Waals surface area (Å²) in [5.74, 6) is -0.575. The minimum absolute atomic E-state index is 0.0937. The van der Waals surface area contributed by atoms with Gasteiger partial charge in [-0.25, -0.2) is 0 Å². The van der Waals surface area contributed by atoms with Crippen LogP contribution in [-0.2, 0) is 4.79 Å². The van der Waals surface area contributed by atoms with Crippen molar-refractivity contribution >= 4 is 5.97 Å². The summed E-state index contributed by atoms with van der Waals surface area (Å²) in [6.07, 6.45) is 6.25. The van der Waals surface area contributed by atoms with Gasteiger partial charge in [0.15, 0.2) is 0 Å². The molecule has 2 rings (SSSR count). The van der Waals surface area contributed by atoms with Gasteiger partial charge in [-0.15, -0.1) is 0 Å². The lowest BCUT2D eigenvalue weighted by Crippen LogP contribution is -2.37. The molecule has 0 fully saturated rings. The van der Waals surface area contributed by atoms with Gasteiger partial charge in [0.1, 0.15) is 0 Å². The summed E-state index contributed by atoms with van der Waals surface area (Å²) in [6.45, 7) is 1.98. The van der Waals surface area contributed by atoms with E-state index in [4.69, 9.17) is 0 Å². The first-order chi connectivity index (χ1) is 8.20. The number of carboxylic acid groups (broad SMARTS) is 1. The van der Waals surface area contributed by atoms with E-state index >= 15 is 0 Å². The number of carboxylic acids is 1. The molecule has 0 bridgehead atoms. The minimum atomic E-state index is -0.668. The van der Waals surface area contributed by atoms with Crippen LogP contribution in [-0.4, -0.2) is 11.1 Å². The van der Waals surface area contributed by atoms with Gasteiger partial charge in [0.05, 0.1) is 5.41 Å². The van der Waals surface area contributed by atoms with E-state index in [0.29, 0.717) is 12.8 Å². The van der Waals surface area contributed by atoms with Gasteiger partial charge in [-0.2, -0.15) is 0 Å². The molecule has 17 heavy (non-hydrogen) atoms. The molecule has 0 saturated heterocycles. The lowest BCUT2D eigenvalue weighted by atomic mass is 9.64. The quantitative estimate of drug-likeness (QED) is 0.805. The largest absolute Gasteiger partial charge is 0.481 e. The van der Waals surface area contributed by atoms with Crippen molar-refractivity contribution in [3.63, 3.8) is 0 Å². The van der Waals surface area contributed by atoms with Crippen LogP contribution in [0.5, 0.6) is 0 Å². The maximum absolute atomic E-state index is 11.7. The van der Waals surface area contributed by atoms with Gasteiger partial charge in [-0.05, 0) is 24.8 Å². The molecule has 0 aliphatic heterocycles. The normalized spacial score (nSPS) is 27.9. The predicted octanol–water partition coefficient (Wildman–Crippen LogP) is 3.60. The smallest absolute Gasteiger partial charge is 0.310 e. The van der Waals surface area contributed by atoms with Crippen molar-refractivity contribution in [1.82, 2.24) is 0 Å². The summed E-state index contributed by atoms with van der Waals surface area (Å²) in [5.41, 5.74) is 0.511. The van der Waals surface area contributed by atoms with Crippen molar-refractivity contribution in [3.05, 3.63) is 48.0 Å². The lowest BCUT2D eigenvalue weighted by Gasteiger charge is -2.38. The zero-order chi connectivity index (χ0) is 12.3. The van der Waals surface area contributed by atoms with E-state index in [9.17, 15) is 9.90 Å².